The number of amides is 1. The van der Waals surface area contributed by atoms with Crippen LogP contribution in [0.3, 0.4) is 0 Å². The van der Waals surface area contributed by atoms with Crippen LogP contribution in [-0.2, 0) is 4.79 Å². The van der Waals surface area contributed by atoms with E-state index in [0.29, 0.717) is 6.42 Å². The molecule has 2 unspecified atom stereocenters. The summed E-state index contributed by atoms with van der Waals surface area (Å²) in [5.74, 6) is -0.0768. The van der Waals surface area contributed by atoms with E-state index < -0.39 is 12.1 Å². The molecule has 0 saturated carbocycles. The molecule has 0 aliphatic heterocycles. The smallest absolute Gasteiger partial charge is 0.220 e. The summed E-state index contributed by atoms with van der Waals surface area (Å²) in [6.45, 7) is 4.24. The third-order valence-electron chi connectivity index (χ3n) is 9.10. The van der Waals surface area contributed by atoms with Crippen molar-refractivity contribution in [3.05, 3.63) is 36.5 Å². The van der Waals surface area contributed by atoms with Gasteiger partial charge in [0.15, 0.2) is 0 Å². The predicted molar refractivity (Wildman–Crippen MR) is 202 cm³/mol. The summed E-state index contributed by atoms with van der Waals surface area (Å²) in [5.41, 5.74) is 0. The van der Waals surface area contributed by atoms with Crippen molar-refractivity contribution in [2.24, 2.45) is 0 Å². The highest BCUT2D eigenvalue weighted by atomic mass is 16.3. The lowest BCUT2D eigenvalue weighted by molar-refractivity contribution is -0.123. The minimum Gasteiger partial charge on any atom is -0.394 e. The first-order valence-electron chi connectivity index (χ1n) is 20.2. The van der Waals surface area contributed by atoms with Crippen LogP contribution in [0.2, 0.25) is 0 Å². The third-order valence-corrected chi connectivity index (χ3v) is 9.10. The molecule has 0 saturated heterocycles. The van der Waals surface area contributed by atoms with Gasteiger partial charge in [0.05, 0.1) is 18.8 Å². The number of allylic oxidation sites excluding steroid dienone is 5. The molecule has 0 aromatic rings. The lowest BCUT2D eigenvalue weighted by Gasteiger charge is -2.19. The number of nitrogens with one attached hydrogen (secondary N) is 1. The number of hydrogen-bond donors (Lipinski definition) is 3. The van der Waals surface area contributed by atoms with E-state index in [1.54, 1.807) is 6.08 Å². The standard InChI is InChI=1S/C42H79NO3/c1-3-5-7-9-11-13-14-15-16-17-18-19-20-21-22-23-24-25-26-27-28-30-32-34-36-38-42(46)43-40(39-44)41(45)37-35-33-31-29-12-10-8-6-4-2/h12,17-18,29,35,37,40-41,44-45H,3-11,13-16,19-28,30-34,36,38-39H2,1-2H3,(H,43,46)/b18-17-,29-12+,37-35+. The fourth-order valence-electron chi connectivity index (χ4n) is 5.95. The fourth-order valence-corrected chi connectivity index (χ4v) is 5.95. The van der Waals surface area contributed by atoms with Crippen molar-refractivity contribution in [3.8, 4) is 0 Å². The van der Waals surface area contributed by atoms with Gasteiger partial charge in [0.1, 0.15) is 0 Å². The molecular formula is C42H79NO3. The molecule has 4 heteroatoms. The van der Waals surface area contributed by atoms with E-state index >= 15 is 0 Å². The van der Waals surface area contributed by atoms with Gasteiger partial charge >= 0.3 is 0 Å². The Kier molecular flexibility index (Phi) is 36.9. The average Bonchev–Trinajstić information content (AvgIpc) is 3.06. The molecule has 0 bridgehead atoms. The van der Waals surface area contributed by atoms with Crippen LogP contribution in [0.15, 0.2) is 36.5 Å². The van der Waals surface area contributed by atoms with Crippen LogP contribution in [0, 0.1) is 0 Å². The van der Waals surface area contributed by atoms with Gasteiger partial charge in [-0.05, 0) is 57.8 Å². The van der Waals surface area contributed by atoms with E-state index in [0.717, 1.165) is 32.1 Å². The second kappa shape index (κ2) is 38.1. The second-order valence-electron chi connectivity index (χ2n) is 13.7. The van der Waals surface area contributed by atoms with Gasteiger partial charge in [0, 0.05) is 6.42 Å². The molecule has 0 aliphatic carbocycles. The summed E-state index contributed by atoms with van der Waals surface area (Å²) >= 11 is 0. The first-order valence-corrected chi connectivity index (χ1v) is 20.2. The molecule has 1 amide bonds. The van der Waals surface area contributed by atoms with E-state index in [1.165, 1.54) is 154 Å². The minimum absolute atomic E-state index is 0.0768. The highest BCUT2D eigenvalue weighted by Gasteiger charge is 2.17. The van der Waals surface area contributed by atoms with Crippen LogP contribution in [0.1, 0.15) is 206 Å². The van der Waals surface area contributed by atoms with Crippen molar-refractivity contribution in [2.45, 2.75) is 219 Å². The normalized spacial score (nSPS) is 13.4. The summed E-state index contributed by atoms with van der Waals surface area (Å²) in [6, 6.07) is -0.635. The van der Waals surface area contributed by atoms with Crippen LogP contribution < -0.4 is 5.32 Å². The predicted octanol–water partition coefficient (Wildman–Crippen LogP) is 12.2. The SMILES string of the molecule is CCCCC/C=C/CC/C=C/C(O)C(CO)NC(=O)CCCCCCCCCCCCCCC/C=C\CCCCCCCCCC. The zero-order valence-electron chi connectivity index (χ0n) is 30.8. The van der Waals surface area contributed by atoms with Crippen LogP contribution in [0.4, 0.5) is 0 Å². The maximum atomic E-state index is 12.3. The summed E-state index contributed by atoms with van der Waals surface area (Å²) < 4.78 is 0. The largest absolute Gasteiger partial charge is 0.394 e. The van der Waals surface area contributed by atoms with Crippen LogP contribution >= 0.6 is 0 Å². The van der Waals surface area contributed by atoms with Crippen LogP contribution in [-0.4, -0.2) is 34.9 Å². The Balaban J connectivity index is 3.50. The summed E-state index contributed by atoms with van der Waals surface area (Å²) in [7, 11) is 0. The molecule has 2 atom stereocenters. The number of aliphatic hydroxyl groups excluding tert-OH is 2. The molecule has 46 heavy (non-hydrogen) atoms. The molecule has 270 valence electrons. The highest BCUT2D eigenvalue weighted by molar-refractivity contribution is 5.76. The number of unbranched alkanes of at least 4 members (excludes halogenated alkanes) is 25. The Morgan fingerprint density at radius 1 is 0.500 bits per heavy atom. The van der Waals surface area contributed by atoms with Gasteiger partial charge in [-0.2, -0.15) is 0 Å². The maximum Gasteiger partial charge on any atom is 0.220 e. The molecular weight excluding hydrogens is 566 g/mol. The molecule has 0 aliphatic rings. The van der Waals surface area contributed by atoms with Gasteiger partial charge in [0.2, 0.25) is 5.91 Å². The monoisotopic (exact) mass is 646 g/mol. The first-order chi connectivity index (χ1) is 22.7. The molecule has 0 fully saturated rings. The van der Waals surface area contributed by atoms with Crippen molar-refractivity contribution in [1.29, 1.82) is 0 Å². The molecule has 0 radical (unpaired) electrons. The molecule has 3 N–H and O–H groups in total. The Morgan fingerprint density at radius 3 is 1.30 bits per heavy atom. The topological polar surface area (TPSA) is 69.6 Å². The van der Waals surface area contributed by atoms with Crippen molar-refractivity contribution in [3.63, 3.8) is 0 Å². The summed E-state index contributed by atoms with van der Waals surface area (Å²) in [4.78, 5) is 12.3. The zero-order chi connectivity index (χ0) is 33.6. The fraction of sp³-hybridized carbons (Fsp3) is 0.833. The minimum atomic E-state index is -0.857. The van der Waals surface area contributed by atoms with Crippen molar-refractivity contribution < 1.29 is 15.0 Å². The van der Waals surface area contributed by atoms with Crippen molar-refractivity contribution >= 4 is 5.91 Å². The van der Waals surface area contributed by atoms with E-state index in [-0.39, 0.29) is 12.5 Å². The molecule has 0 aromatic carbocycles. The van der Waals surface area contributed by atoms with E-state index in [1.807, 2.05) is 6.08 Å². The molecule has 0 heterocycles. The second-order valence-corrected chi connectivity index (χ2v) is 13.7. The van der Waals surface area contributed by atoms with Crippen molar-refractivity contribution in [1.82, 2.24) is 5.32 Å². The van der Waals surface area contributed by atoms with E-state index in [4.69, 9.17) is 0 Å². The van der Waals surface area contributed by atoms with Gasteiger partial charge in [-0.25, -0.2) is 0 Å². The Bertz CT molecular complexity index is 701. The van der Waals surface area contributed by atoms with Crippen LogP contribution in [0.25, 0.3) is 0 Å². The molecule has 0 rings (SSSR count). The number of carbonyl (C=O) groups is 1. The number of carbonyl (C=O) groups excluding carboxylic acids is 1. The summed E-state index contributed by atoms with van der Waals surface area (Å²) in [6.07, 6.45) is 49.7. The summed E-state index contributed by atoms with van der Waals surface area (Å²) in [5, 5.41) is 22.8. The number of rotatable bonds is 36. The first kappa shape index (κ1) is 44.6. The third kappa shape index (κ3) is 34.0. The number of hydrogen-bond acceptors (Lipinski definition) is 3. The molecule has 0 aromatic heterocycles. The highest BCUT2D eigenvalue weighted by Crippen LogP contribution is 2.14. The Morgan fingerprint density at radius 2 is 0.848 bits per heavy atom. The lowest BCUT2D eigenvalue weighted by atomic mass is 10.0. The molecule has 0 spiro atoms. The van der Waals surface area contributed by atoms with Gasteiger partial charge < -0.3 is 15.5 Å². The van der Waals surface area contributed by atoms with E-state index in [2.05, 4.69) is 43.5 Å². The lowest BCUT2D eigenvalue weighted by Crippen LogP contribution is -2.45. The maximum absolute atomic E-state index is 12.3. The average molecular weight is 646 g/mol. The van der Waals surface area contributed by atoms with Gasteiger partial charge in [-0.3, -0.25) is 4.79 Å². The van der Waals surface area contributed by atoms with Crippen LogP contribution in [0.5, 0.6) is 0 Å². The quantitative estimate of drug-likeness (QED) is 0.0469. The Hall–Kier alpha value is -1.39. The van der Waals surface area contributed by atoms with Gasteiger partial charge in [-0.15, -0.1) is 0 Å². The number of aliphatic hydroxyl groups is 2. The van der Waals surface area contributed by atoms with Gasteiger partial charge in [0.25, 0.3) is 0 Å². The Labute approximate surface area is 287 Å². The van der Waals surface area contributed by atoms with Gasteiger partial charge in [-0.1, -0.05) is 179 Å². The molecule has 4 nitrogen and oxygen atoms in total. The zero-order valence-corrected chi connectivity index (χ0v) is 30.8. The van der Waals surface area contributed by atoms with Crippen molar-refractivity contribution in [2.75, 3.05) is 6.61 Å². The van der Waals surface area contributed by atoms with E-state index in [9.17, 15) is 15.0 Å².